The highest BCUT2D eigenvalue weighted by Crippen LogP contribution is 2.42. The van der Waals surface area contributed by atoms with Gasteiger partial charge >= 0.3 is 5.97 Å². The molecule has 0 amide bonds. The van der Waals surface area contributed by atoms with Gasteiger partial charge in [0.1, 0.15) is 15.6 Å². The molecule has 1 aromatic heterocycles. The monoisotopic (exact) mass is 313 g/mol. The van der Waals surface area contributed by atoms with Crippen molar-refractivity contribution >= 4 is 28.0 Å². The van der Waals surface area contributed by atoms with Crippen LogP contribution in [-0.4, -0.2) is 51.3 Å². The summed E-state index contributed by atoms with van der Waals surface area (Å²) in [5.41, 5.74) is 6.30. The minimum atomic E-state index is -0.429. The highest BCUT2D eigenvalue weighted by Gasteiger charge is 2.25. The Morgan fingerprint density at radius 3 is 2.86 bits per heavy atom. The van der Waals surface area contributed by atoms with Gasteiger partial charge in [-0.2, -0.15) is 0 Å². The lowest BCUT2D eigenvalue weighted by Gasteiger charge is -2.14. The molecule has 7 heteroatoms. The van der Waals surface area contributed by atoms with Crippen molar-refractivity contribution in [3.63, 3.8) is 0 Å². The number of anilines is 2. The van der Waals surface area contributed by atoms with Crippen LogP contribution in [0, 0.1) is 5.92 Å². The number of nitrogens with one attached hydrogen (secondary N) is 1. The Kier molecular flexibility index (Phi) is 5.30. The van der Waals surface area contributed by atoms with E-state index in [0.29, 0.717) is 22.2 Å². The minimum absolute atomic E-state index is 0.346. The van der Waals surface area contributed by atoms with Gasteiger partial charge in [0.05, 0.1) is 14.2 Å². The summed E-state index contributed by atoms with van der Waals surface area (Å²) in [5.74, 6) is 0.715. The highest BCUT2D eigenvalue weighted by molar-refractivity contribution is 7.19. The van der Waals surface area contributed by atoms with Crippen molar-refractivity contribution < 1.29 is 14.3 Å². The molecular weight excluding hydrogens is 290 g/mol. The Bertz CT molecular complexity index is 504. The summed E-state index contributed by atoms with van der Waals surface area (Å²) in [6.07, 6.45) is 1.19. The number of nitrogen functional groups attached to an aromatic ring is 1. The number of rotatable bonds is 6. The van der Waals surface area contributed by atoms with Crippen LogP contribution < -0.4 is 15.8 Å². The Hall–Kier alpha value is -1.47. The third-order valence-corrected chi connectivity index (χ3v) is 4.97. The number of carbonyl (C=O) groups excluding carboxylic acids is 1. The zero-order chi connectivity index (χ0) is 15.4. The van der Waals surface area contributed by atoms with Crippen LogP contribution in [0.5, 0.6) is 5.75 Å². The van der Waals surface area contributed by atoms with E-state index in [4.69, 9.17) is 15.2 Å². The van der Waals surface area contributed by atoms with Gasteiger partial charge in [0.15, 0.2) is 5.75 Å². The lowest BCUT2D eigenvalue weighted by molar-refractivity contribution is 0.0607. The van der Waals surface area contributed by atoms with Crippen molar-refractivity contribution in [3.8, 4) is 5.75 Å². The standard InChI is InChI=1S/C14H23N3O3S/c1-4-17-6-5-9(8-17)7-16-13-11(19-2)10(15)12(21-13)14(18)20-3/h9,16H,4-8,15H2,1-3H3. The molecule has 21 heavy (non-hydrogen) atoms. The van der Waals surface area contributed by atoms with Crippen molar-refractivity contribution in [2.45, 2.75) is 13.3 Å². The van der Waals surface area contributed by atoms with E-state index < -0.39 is 5.97 Å². The summed E-state index contributed by atoms with van der Waals surface area (Å²) in [5, 5.41) is 4.17. The van der Waals surface area contributed by atoms with Crippen LogP contribution >= 0.6 is 11.3 Å². The summed E-state index contributed by atoms with van der Waals surface area (Å²) < 4.78 is 10.1. The number of nitrogens with two attached hydrogens (primary N) is 1. The largest absolute Gasteiger partial charge is 0.492 e. The number of esters is 1. The molecule has 2 heterocycles. The first-order valence-electron chi connectivity index (χ1n) is 7.11. The molecule has 118 valence electrons. The van der Waals surface area contributed by atoms with Gasteiger partial charge in [-0.1, -0.05) is 6.92 Å². The number of hydrogen-bond acceptors (Lipinski definition) is 7. The number of hydrogen-bond donors (Lipinski definition) is 2. The maximum atomic E-state index is 11.7. The van der Waals surface area contributed by atoms with E-state index in [2.05, 4.69) is 17.1 Å². The first-order chi connectivity index (χ1) is 10.1. The zero-order valence-electron chi connectivity index (χ0n) is 12.8. The summed E-state index contributed by atoms with van der Waals surface area (Å²) >= 11 is 1.28. The van der Waals surface area contributed by atoms with Crippen molar-refractivity contribution in [1.82, 2.24) is 4.90 Å². The van der Waals surface area contributed by atoms with E-state index in [-0.39, 0.29) is 0 Å². The predicted octanol–water partition coefficient (Wildman–Crippen LogP) is 1.88. The maximum absolute atomic E-state index is 11.7. The van der Waals surface area contributed by atoms with E-state index in [1.54, 1.807) is 7.11 Å². The molecule has 0 spiro atoms. The number of carbonyl (C=O) groups is 1. The molecule has 1 aliphatic rings. The van der Waals surface area contributed by atoms with Gasteiger partial charge in [-0.3, -0.25) is 0 Å². The molecule has 1 aliphatic heterocycles. The molecule has 1 fully saturated rings. The highest BCUT2D eigenvalue weighted by atomic mass is 32.1. The molecule has 0 aliphatic carbocycles. The van der Waals surface area contributed by atoms with E-state index in [1.807, 2.05) is 0 Å². The SMILES string of the molecule is CCN1CCC(CNc2sc(C(=O)OC)c(N)c2OC)C1. The third kappa shape index (κ3) is 3.41. The summed E-state index contributed by atoms with van der Waals surface area (Å²) in [6, 6.07) is 0. The van der Waals surface area contributed by atoms with Gasteiger partial charge in [0, 0.05) is 13.1 Å². The van der Waals surface area contributed by atoms with E-state index >= 15 is 0 Å². The average molecular weight is 313 g/mol. The predicted molar refractivity (Wildman–Crippen MR) is 85.3 cm³/mol. The average Bonchev–Trinajstić information content (AvgIpc) is 3.08. The van der Waals surface area contributed by atoms with Crippen molar-refractivity contribution in [2.24, 2.45) is 5.92 Å². The summed E-state index contributed by atoms with van der Waals surface area (Å²) in [7, 11) is 2.90. The topological polar surface area (TPSA) is 76.8 Å². The van der Waals surface area contributed by atoms with Gasteiger partial charge in [0.2, 0.25) is 0 Å². The molecule has 1 saturated heterocycles. The van der Waals surface area contributed by atoms with Crippen LogP contribution in [0.15, 0.2) is 0 Å². The molecule has 0 aromatic carbocycles. The molecule has 0 radical (unpaired) electrons. The van der Waals surface area contributed by atoms with Crippen molar-refractivity contribution in [3.05, 3.63) is 4.88 Å². The van der Waals surface area contributed by atoms with Gasteiger partial charge in [-0.15, -0.1) is 11.3 Å². The molecule has 0 bridgehead atoms. The molecule has 1 unspecified atom stereocenters. The molecule has 0 saturated carbocycles. The number of nitrogens with zero attached hydrogens (tertiary/aromatic N) is 1. The first kappa shape index (κ1) is 15.9. The van der Waals surface area contributed by atoms with Gasteiger partial charge in [0.25, 0.3) is 0 Å². The second-order valence-corrected chi connectivity index (χ2v) is 6.15. The normalized spacial score (nSPS) is 18.7. The van der Waals surface area contributed by atoms with Crippen molar-refractivity contribution in [2.75, 3.05) is 51.4 Å². The van der Waals surface area contributed by atoms with E-state index in [1.165, 1.54) is 24.9 Å². The van der Waals surface area contributed by atoms with Crippen LogP contribution in [0.1, 0.15) is 23.0 Å². The van der Waals surface area contributed by atoms with Crippen LogP contribution in [0.3, 0.4) is 0 Å². The molecule has 1 atom stereocenters. The fraction of sp³-hybridized carbons (Fsp3) is 0.643. The fourth-order valence-electron chi connectivity index (χ4n) is 2.60. The minimum Gasteiger partial charge on any atom is -0.492 e. The van der Waals surface area contributed by atoms with Crippen LogP contribution in [-0.2, 0) is 4.74 Å². The third-order valence-electron chi connectivity index (χ3n) is 3.84. The Balaban J connectivity index is 2.04. The Morgan fingerprint density at radius 2 is 2.29 bits per heavy atom. The van der Waals surface area contributed by atoms with Gasteiger partial charge in [-0.25, -0.2) is 4.79 Å². The smallest absolute Gasteiger partial charge is 0.350 e. The Labute approximate surface area is 129 Å². The summed E-state index contributed by atoms with van der Waals surface area (Å²) in [4.78, 5) is 14.5. The molecular formula is C14H23N3O3S. The van der Waals surface area contributed by atoms with Gasteiger partial charge in [-0.05, 0) is 25.4 Å². The second-order valence-electron chi connectivity index (χ2n) is 5.13. The number of likely N-dealkylation sites (tertiary alicyclic amines) is 1. The number of ether oxygens (including phenoxy) is 2. The lowest BCUT2D eigenvalue weighted by Crippen LogP contribution is -2.22. The summed E-state index contributed by atoms with van der Waals surface area (Å²) in [6.45, 7) is 6.39. The number of thiophene rings is 1. The van der Waals surface area contributed by atoms with Crippen molar-refractivity contribution in [1.29, 1.82) is 0 Å². The fourth-order valence-corrected chi connectivity index (χ4v) is 3.61. The zero-order valence-corrected chi connectivity index (χ0v) is 13.6. The first-order valence-corrected chi connectivity index (χ1v) is 7.93. The maximum Gasteiger partial charge on any atom is 0.350 e. The quantitative estimate of drug-likeness (QED) is 0.781. The molecule has 3 N–H and O–H groups in total. The molecule has 6 nitrogen and oxygen atoms in total. The number of methoxy groups -OCH3 is 2. The molecule has 1 aromatic rings. The second kappa shape index (κ2) is 7.00. The van der Waals surface area contributed by atoms with Crippen LogP contribution in [0.25, 0.3) is 0 Å². The van der Waals surface area contributed by atoms with E-state index in [0.717, 1.165) is 31.2 Å². The Morgan fingerprint density at radius 1 is 1.52 bits per heavy atom. The van der Waals surface area contributed by atoms with E-state index in [9.17, 15) is 4.79 Å². The lowest BCUT2D eigenvalue weighted by atomic mass is 10.1. The van der Waals surface area contributed by atoms with Gasteiger partial charge < -0.3 is 25.4 Å². The molecule has 2 rings (SSSR count). The van der Waals surface area contributed by atoms with Crippen LogP contribution in [0.2, 0.25) is 0 Å². The van der Waals surface area contributed by atoms with Crippen LogP contribution in [0.4, 0.5) is 10.7 Å².